The van der Waals surface area contributed by atoms with Gasteiger partial charge in [-0.05, 0) is 43.4 Å². The van der Waals surface area contributed by atoms with Crippen molar-refractivity contribution < 1.29 is 10.2 Å². The van der Waals surface area contributed by atoms with Crippen molar-refractivity contribution in [1.82, 2.24) is 5.32 Å². The van der Waals surface area contributed by atoms with Crippen LogP contribution < -0.4 is 5.32 Å². The lowest BCUT2D eigenvalue weighted by Gasteiger charge is -2.37. The number of hydrogen-bond acceptors (Lipinski definition) is 4. The SMILES string of the molecule is CSc1ccc(C(O)(c2ccccc2)C(C)NC(C)O)cc1Cl. The maximum atomic E-state index is 11.5. The number of rotatable bonds is 6. The predicted octanol–water partition coefficient (Wildman–Crippen LogP) is 3.61. The molecule has 0 aliphatic carbocycles. The average Bonchev–Trinajstić information content (AvgIpc) is 2.54. The molecule has 0 saturated carbocycles. The van der Waals surface area contributed by atoms with Gasteiger partial charge in [0.2, 0.25) is 0 Å². The molecule has 0 heterocycles. The topological polar surface area (TPSA) is 52.5 Å². The molecule has 5 heteroatoms. The van der Waals surface area contributed by atoms with E-state index in [1.807, 2.05) is 55.6 Å². The molecule has 0 bridgehead atoms. The summed E-state index contributed by atoms with van der Waals surface area (Å²) in [7, 11) is 0. The monoisotopic (exact) mass is 351 g/mol. The molecule has 2 aromatic rings. The van der Waals surface area contributed by atoms with E-state index in [4.69, 9.17) is 11.6 Å². The van der Waals surface area contributed by atoms with E-state index in [0.717, 1.165) is 10.5 Å². The van der Waals surface area contributed by atoms with Crippen molar-refractivity contribution in [3.8, 4) is 0 Å². The van der Waals surface area contributed by atoms with Gasteiger partial charge in [-0.3, -0.25) is 5.32 Å². The summed E-state index contributed by atoms with van der Waals surface area (Å²) >= 11 is 7.89. The number of aliphatic hydroxyl groups is 2. The maximum absolute atomic E-state index is 11.5. The van der Waals surface area contributed by atoms with E-state index in [0.29, 0.717) is 10.6 Å². The number of hydrogen-bond donors (Lipinski definition) is 3. The fourth-order valence-corrected chi connectivity index (χ4v) is 3.61. The largest absolute Gasteiger partial charge is 0.379 e. The van der Waals surface area contributed by atoms with Crippen LogP contribution >= 0.6 is 23.4 Å². The standard InChI is InChI=1S/C18H22ClNO2S/c1-12(20-13(2)21)18(22,14-7-5-4-6-8-14)15-9-10-17(23-3)16(19)11-15/h4-13,20-22H,1-3H3. The Bertz CT molecular complexity index is 651. The van der Waals surface area contributed by atoms with E-state index >= 15 is 0 Å². The Morgan fingerprint density at radius 3 is 2.26 bits per heavy atom. The molecule has 2 aromatic carbocycles. The van der Waals surface area contributed by atoms with Crippen LogP contribution in [0.4, 0.5) is 0 Å². The molecule has 3 nitrogen and oxygen atoms in total. The van der Waals surface area contributed by atoms with Gasteiger partial charge in [-0.2, -0.15) is 0 Å². The molecular formula is C18H22ClNO2S. The van der Waals surface area contributed by atoms with Crippen LogP contribution in [0.15, 0.2) is 53.4 Å². The third kappa shape index (κ3) is 3.90. The number of aliphatic hydroxyl groups excluding tert-OH is 1. The second-order valence-corrected chi connectivity index (χ2v) is 6.80. The lowest BCUT2D eigenvalue weighted by molar-refractivity contribution is 0.0172. The van der Waals surface area contributed by atoms with Gasteiger partial charge in [0, 0.05) is 10.9 Å². The van der Waals surface area contributed by atoms with E-state index in [1.165, 1.54) is 0 Å². The highest BCUT2D eigenvalue weighted by Crippen LogP contribution is 2.37. The Morgan fingerprint density at radius 2 is 1.74 bits per heavy atom. The van der Waals surface area contributed by atoms with Crippen LogP contribution in [0, 0.1) is 0 Å². The van der Waals surface area contributed by atoms with Gasteiger partial charge in [-0.15, -0.1) is 11.8 Å². The molecular weight excluding hydrogens is 330 g/mol. The molecule has 2 rings (SSSR count). The molecule has 0 fully saturated rings. The molecule has 0 aliphatic heterocycles. The van der Waals surface area contributed by atoms with E-state index in [2.05, 4.69) is 5.32 Å². The van der Waals surface area contributed by atoms with E-state index in [-0.39, 0.29) is 0 Å². The molecule has 3 N–H and O–H groups in total. The Balaban J connectivity index is 2.55. The fourth-order valence-electron chi connectivity index (χ4n) is 2.74. The Labute approximate surface area is 146 Å². The Kier molecular flexibility index (Phi) is 6.12. The summed E-state index contributed by atoms with van der Waals surface area (Å²) in [5, 5.41) is 24.8. The fraction of sp³-hybridized carbons (Fsp3) is 0.333. The average molecular weight is 352 g/mol. The number of halogens is 1. The first-order valence-electron chi connectivity index (χ1n) is 7.45. The zero-order valence-electron chi connectivity index (χ0n) is 13.5. The van der Waals surface area contributed by atoms with Gasteiger partial charge in [-0.1, -0.05) is 48.0 Å². The van der Waals surface area contributed by atoms with E-state index in [9.17, 15) is 10.2 Å². The first-order valence-corrected chi connectivity index (χ1v) is 9.06. The zero-order valence-corrected chi connectivity index (χ0v) is 15.0. The van der Waals surface area contributed by atoms with Crippen molar-refractivity contribution in [1.29, 1.82) is 0 Å². The van der Waals surface area contributed by atoms with Crippen LogP contribution in [0.5, 0.6) is 0 Å². The van der Waals surface area contributed by atoms with Crippen molar-refractivity contribution >= 4 is 23.4 Å². The van der Waals surface area contributed by atoms with Gasteiger partial charge in [0.05, 0.1) is 5.02 Å². The quantitative estimate of drug-likeness (QED) is 0.549. The van der Waals surface area contributed by atoms with Crippen LogP contribution in [0.25, 0.3) is 0 Å². The molecule has 0 saturated heterocycles. The minimum absolute atomic E-state index is 0.416. The lowest BCUT2D eigenvalue weighted by Crippen LogP contribution is -2.50. The second kappa shape index (κ2) is 7.69. The van der Waals surface area contributed by atoms with Gasteiger partial charge in [0.1, 0.15) is 11.8 Å². The van der Waals surface area contributed by atoms with Crippen LogP contribution in [0.3, 0.4) is 0 Å². The molecule has 0 aromatic heterocycles. The summed E-state index contributed by atoms with van der Waals surface area (Å²) < 4.78 is 0. The molecule has 3 unspecified atom stereocenters. The highest BCUT2D eigenvalue weighted by atomic mass is 35.5. The highest BCUT2D eigenvalue weighted by molar-refractivity contribution is 7.98. The molecule has 0 aliphatic rings. The summed E-state index contributed by atoms with van der Waals surface area (Å²) in [6, 6.07) is 14.6. The minimum Gasteiger partial charge on any atom is -0.379 e. The van der Waals surface area contributed by atoms with E-state index in [1.54, 1.807) is 24.8 Å². The van der Waals surface area contributed by atoms with Crippen molar-refractivity contribution in [2.75, 3.05) is 6.26 Å². The van der Waals surface area contributed by atoms with Crippen molar-refractivity contribution in [2.45, 2.75) is 36.6 Å². The number of thioether (sulfide) groups is 1. The molecule has 23 heavy (non-hydrogen) atoms. The van der Waals surface area contributed by atoms with Crippen molar-refractivity contribution in [3.05, 3.63) is 64.7 Å². The molecule has 3 atom stereocenters. The highest BCUT2D eigenvalue weighted by Gasteiger charge is 2.38. The Morgan fingerprint density at radius 1 is 1.09 bits per heavy atom. The molecule has 0 radical (unpaired) electrons. The Hall–Kier alpha value is -1.04. The van der Waals surface area contributed by atoms with E-state index < -0.39 is 17.9 Å². The van der Waals surface area contributed by atoms with Crippen LogP contribution in [-0.2, 0) is 5.60 Å². The summed E-state index contributed by atoms with van der Waals surface area (Å²) in [4.78, 5) is 0.960. The number of nitrogens with one attached hydrogen (secondary N) is 1. The molecule has 124 valence electrons. The third-order valence-corrected chi connectivity index (χ3v) is 5.14. The first-order chi connectivity index (χ1) is 10.9. The van der Waals surface area contributed by atoms with Gasteiger partial charge in [0.15, 0.2) is 0 Å². The summed E-state index contributed by atoms with van der Waals surface area (Å²) in [6.07, 6.45) is 1.23. The van der Waals surface area contributed by atoms with Crippen LogP contribution in [0.1, 0.15) is 25.0 Å². The normalized spacial score (nSPS) is 16.6. The first kappa shape index (κ1) is 18.3. The van der Waals surface area contributed by atoms with Crippen molar-refractivity contribution in [2.24, 2.45) is 0 Å². The molecule has 0 spiro atoms. The van der Waals surface area contributed by atoms with Crippen LogP contribution in [0.2, 0.25) is 5.02 Å². The van der Waals surface area contributed by atoms with Gasteiger partial charge in [-0.25, -0.2) is 0 Å². The molecule has 0 amide bonds. The smallest absolute Gasteiger partial charge is 0.130 e. The van der Waals surface area contributed by atoms with Crippen molar-refractivity contribution in [3.63, 3.8) is 0 Å². The minimum atomic E-state index is -1.31. The maximum Gasteiger partial charge on any atom is 0.130 e. The third-order valence-electron chi connectivity index (χ3n) is 3.92. The summed E-state index contributed by atoms with van der Waals surface area (Å²) in [5.41, 5.74) is 0.125. The number of benzene rings is 2. The summed E-state index contributed by atoms with van der Waals surface area (Å²) in [5.74, 6) is 0. The van der Waals surface area contributed by atoms with Gasteiger partial charge in [0.25, 0.3) is 0 Å². The van der Waals surface area contributed by atoms with Gasteiger partial charge >= 0.3 is 0 Å². The summed E-state index contributed by atoms with van der Waals surface area (Å²) in [6.45, 7) is 3.47. The van der Waals surface area contributed by atoms with Crippen LogP contribution in [-0.4, -0.2) is 28.7 Å². The second-order valence-electron chi connectivity index (χ2n) is 5.55. The lowest BCUT2D eigenvalue weighted by atomic mass is 9.80. The van der Waals surface area contributed by atoms with Gasteiger partial charge < -0.3 is 10.2 Å². The predicted molar refractivity (Wildman–Crippen MR) is 97.0 cm³/mol. The zero-order chi connectivity index (χ0) is 17.0.